The van der Waals surface area contributed by atoms with Gasteiger partial charge in [0.05, 0.1) is 0 Å². The van der Waals surface area contributed by atoms with Gasteiger partial charge < -0.3 is 10.6 Å². The van der Waals surface area contributed by atoms with Gasteiger partial charge in [-0.2, -0.15) is 5.10 Å². The summed E-state index contributed by atoms with van der Waals surface area (Å²) in [5, 5.41) is 12.2. The van der Waals surface area contributed by atoms with Crippen LogP contribution in [0.3, 0.4) is 0 Å². The number of hydrogen-bond acceptors (Lipinski definition) is 3. The lowest BCUT2D eigenvalue weighted by molar-refractivity contribution is -0.122. The van der Waals surface area contributed by atoms with Gasteiger partial charge in [-0.15, -0.1) is 0 Å². The van der Waals surface area contributed by atoms with Crippen LogP contribution in [0.1, 0.15) is 38.3 Å². The summed E-state index contributed by atoms with van der Waals surface area (Å²) < 4.78 is 0. The molecule has 2 heterocycles. The highest BCUT2D eigenvalue weighted by Gasteiger charge is 2.27. The third-order valence-corrected chi connectivity index (χ3v) is 2.78. The predicted octanol–water partition coefficient (Wildman–Crippen LogP) is 0.750. The van der Waals surface area contributed by atoms with Crippen molar-refractivity contribution in [1.29, 1.82) is 0 Å². The summed E-state index contributed by atoms with van der Waals surface area (Å²) in [5.74, 6) is 0.548. The highest BCUT2D eigenvalue weighted by atomic mass is 16.2. The van der Waals surface area contributed by atoms with Gasteiger partial charge in [0.25, 0.3) is 0 Å². The molecule has 17 heavy (non-hydrogen) atoms. The zero-order chi connectivity index (χ0) is 12.4. The highest BCUT2D eigenvalue weighted by molar-refractivity contribution is 5.98. The molecule has 0 aromatic carbocycles. The van der Waals surface area contributed by atoms with Gasteiger partial charge in [0, 0.05) is 18.2 Å². The largest absolute Gasteiger partial charge is 0.344 e. The van der Waals surface area contributed by atoms with E-state index in [4.69, 9.17) is 0 Å². The molecular weight excluding hydrogens is 220 g/mol. The monoisotopic (exact) mass is 236 g/mol. The zero-order valence-electron chi connectivity index (χ0n) is 9.91. The summed E-state index contributed by atoms with van der Waals surface area (Å²) in [7, 11) is 0. The van der Waals surface area contributed by atoms with Crippen molar-refractivity contribution in [3.05, 3.63) is 11.8 Å². The number of nitrogens with one attached hydrogen (secondary N) is 3. The van der Waals surface area contributed by atoms with E-state index in [2.05, 4.69) is 20.8 Å². The lowest BCUT2D eigenvalue weighted by Crippen LogP contribution is -2.37. The second kappa shape index (κ2) is 4.57. The van der Waals surface area contributed by atoms with Gasteiger partial charge in [-0.05, 0) is 12.3 Å². The maximum atomic E-state index is 11.8. The van der Waals surface area contributed by atoms with E-state index in [9.17, 15) is 9.59 Å². The minimum atomic E-state index is -0.429. The number of nitrogens with zero attached hydrogens (tertiary/aromatic N) is 1. The molecule has 0 spiro atoms. The van der Waals surface area contributed by atoms with Crippen LogP contribution < -0.4 is 10.6 Å². The molecule has 92 valence electrons. The molecule has 3 N–H and O–H groups in total. The van der Waals surface area contributed by atoms with Crippen molar-refractivity contribution in [3.63, 3.8) is 0 Å². The van der Waals surface area contributed by atoms with Gasteiger partial charge in [-0.1, -0.05) is 13.8 Å². The Morgan fingerprint density at radius 1 is 1.59 bits per heavy atom. The number of carbonyl (C=O) groups excluding carboxylic acids is 2. The molecule has 1 aliphatic rings. The Balaban J connectivity index is 1.96. The third kappa shape index (κ3) is 2.64. The summed E-state index contributed by atoms with van der Waals surface area (Å²) in [5.41, 5.74) is 0.968. The Bertz CT molecular complexity index is 438. The Labute approximate surface area is 99.2 Å². The molecule has 1 fully saturated rings. The van der Waals surface area contributed by atoms with Gasteiger partial charge in [-0.3, -0.25) is 14.7 Å². The van der Waals surface area contributed by atoms with Crippen LogP contribution in [-0.2, 0) is 9.59 Å². The molecule has 1 atom stereocenters. The van der Waals surface area contributed by atoms with Gasteiger partial charge in [-0.25, -0.2) is 0 Å². The fraction of sp³-hybridized carbons (Fsp3) is 0.545. The number of carbonyl (C=O) groups is 2. The fourth-order valence-electron chi connectivity index (χ4n) is 1.72. The third-order valence-electron chi connectivity index (χ3n) is 2.78. The minimum absolute atomic E-state index is 0.0740. The second-order valence-corrected chi connectivity index (χ2v) is 4.51. The molecule has 0 aliphatic carbocycles. The molecule has 1 saturated heterocycles. The first-order valence-corrected chi connectivity index (χ1v) is 5.72. The second-order valence-electron chi connectivity index (χ2n) is 4.51. The average Bonchev–Trinajstić information content (AvgIpc) is 2.86. The molecule has 0 radical (unpaired) electrons. The SMILES string of the molecule is CC(C)c1cc(NC(=O)C2CCC(=O)N2)n[nH]1. The highest BCUT2D eigenvalue weighted by Crippen LogP contribution is 2.15. The van der Waals surface area contributed by atoms with E-state index in [-0.39, 0.29) is 11.8 Å². The minimum Gasteiger partial charge on any atom is -0.344 e. The van der Waals surface area contributed by atoms with Crippen molar-refractivity contribution in [1.82, 2.24) is 15.5 Å². The van der Waals surface area contributed by atoms with E-state index in [1.165, 1.54) is 0 Å². The molecule has 1 unspecified atom stereocenters. The lowest BCUT2D eigenvalue weighted by atomic mass is 10.1. The van der Waals surface area contributed by atoms with Gasteiger partial charge in [0.15, 0.2) is 5.82 Å². The number of anilines is 1. The van der Waals surface area contributed by atoms with Crippen LogP contribution in [0.15, 0.2) is 6.07 Å². The fourth-order valence-corrected chi connectivity index (χ4v) is 1.72. The van der Waals surface area contributed by atoms with Crippen molar-refractivity contribution in [2.45, 2.75) is 38.6 Å². The molecule has 2 rings (SSSR count). The number of aromatic amines is 1. The Morgan fingerprint density at radius 3 is 2.88 bits per heavy atom. The number of rotatable bonds is 3. The molecule has 6 nitrogen and oxygen atoms in total. The quantitative estimate of drug-likeness (QED) is 0.723. The van der Waals surface area contributed by atoms with Crippen molar-refractivity contribution in [2.75, 3.05) is 5.32 Å². The van der Waals surface area contributed by atoms with Gasteiger partial charge >= 0.3 is 0 Å². The molecule has 1 aromatic heterocycles. The van der Waals surface area contributed by atoms with E-state index < -0.39 is 6.04 Å². The van der Waals surface area contributed by atoms with Crippen LogP contribution >= 0.6 is 0 Å². The van der Waals surface area contributed by atoms with Crippen molar-refractivity contribution >= 4 is 17.6 Å². The summed E-state index contributed by atoms with van der Waals surface area (Å²) in [6.45, 7) is 4.08. The molecule has 2 amide bonds. The molecule has 1 aliphatic heterocycles. The summed E-state index contributed by atoms with van der Waals surface area (Å²) >= 11 is 0. The first kappa shape index (κ1) is 11.6. The summed E-state index contributed by atoms with van der Waals surface area (Å²) in [4.78, 5) is 22.8. The standard InChI is InChI=1S/C11H16N4O2/c1-6(2)8-5-9(15-14-8)13-11(17)7-3-4-10(16)12-7/h5-7H,3-4H2,1-2H3,(H,12,16)(H2,13,14,15,17). The van der Waals surface area contributed by atoms with Crippen LogP contribution in [0, 0.1) is 0 Å². The Hall–Kier alpha value is -1.85. The zero-order valence-corrected chi connectivity index (χ0v) is 9.91. The van der Waals surface area contributed by atoms with Crippen molar-refractivity contribution < 1.29 is 9.59 Å². The van der Waals surface area contributed by atoms with Crippen LogP contribution in [0.2, 0.25) is 0 Å². The van der Waals surface area contributed by atoms with E-state index in [0.717, 1.165) is 5.69 Å². The predicted molar refractivity (Wildman–Crippen MR) is 62.5 cm³/mol. The Morgan fingerprint density at radius 2 is 2.35 bits per heavy atom. The van der Waals surface area contributed by atoms with Gasteiger partial charge in [0.1, 0.15) is 6.04 Å². The van der Waals surface area contributed by atoms with Crippen LogP contribution in [0.5, 0.6) is 0 Å². The van der Waals surface area contributed by atoms with E-state index in [1.807, 2.05) is 13.8 Å². The van der Waals surface area contributed by atoms with E-state index in [1.54, 1.807) is 6.07 Å². The van der Waals surface area contributed by atoms with Crippen LogP contribution in [0.25, 0.3) is 0 Å². The molecule has 6 heteroatoms. The normalized spacial score (nSPS) is 19.5. The molecule has 1 aromatic rings. The molecular formula is C11H16N4O2. The van der Waals surface area contributed by atoms with Crippen LogP contribution in [0.4, 0.5) is 5.82 Å². The smallest absolute Gasteiger partial charge is 0.248 e. The van der Waals surface area contributed by atoms with Crippen molar-refractivity contribution in [2.24, 2.45) is 0 Å². The number of aromatic nitrogens is 2. The maximum absolute atomic E-state index is 11.8. The Kier molecular flexibility index (Phi) is 3.12. The van der Waals surface area contributed by atoms with Crippen LogP contribution in [-0.4, -0.2) is 28.1 Å². The van der Waals surface area contributed by atoms with Crippen molar-refractivity contribution in [3.8, 4) is 0 Å². The first-order chi connectivity index (χ1) is 8.06. The topological polar surface area (TPSA) is 86.9 Å². The van der Waals surface area contributed by atoms with Gasteiger partial charge in [0.2, 0.25) is 11.8 Å². The van der Waals surface area contributed by atoms with E-state index in [0.29, 0.717) is 24.6 Å². The number of H-pyrrole nitrogens is 1. The molecule has 0 saturated carbocycles. The number of amides is 2. The average molecular weight is 236 g/mol. The first-order valence-electron chi connectivity index (χ1n) is 5.72. The lowest BCUT2D eigenvalue weighted by Gasteiger charge is -2.08. The van der Waals surface area contributed by atoms with E-state index >= 15 is 0 Å². The summed E-state index contributed by atoms with van der Waals surface area (Å²) in [6.07, 6.45) is 0.960. The molecule has 0 bridgehead atoms. The maximum Gasteiger partial charge on any atom is 0.248 e. The number of hydrogen-bond donors (Lipinski definition) is 3. The summed E-state index contributed by atoms with van der Waals surface area (Å²) in [6, 6.07) is 1.38.